The number of amides is 1. The van der Waals surface area contributed by atoms with Gasteiger partial charge in [0.15, 0.2) is 17.3 Å². The topological polar surface area (TPSA) is 131 Å². The number of nitrogens with one attached hydrogen (secondary N) is 2. The zero-order valence-corrected chi connectivity index (χ0v) is 20.7. The molecule has 0 aromatic carbocycles. The first-order chi connectivity index (χ1) is 17.9. The molecule has 10 nitrogen and oxygen atoms in total. The summed E-state index contributed by atoms with van der Waals surface area (Å²) in [5.74, 6) is 0.978. The Kier molecular flexibility index (Phi) is 5.49. The number of fused-ring (bicyclic) bond motifs is 2. The molecule has 1 amide bonds. The van der Waals surface area contributed by atoms with Gasteiger partial charge in [-0.05, 0) is 68.1 Å². The van der Waals surface area contributed by atoms with Gasteiger partial charge >= 0.3 is 0 Å². The highest BCUT2D eigenvalue weighted by atomic mass is 16.3. The second-order valence-electron chi connectivity index (χ2n) is 10.1. The van der Waals surface area contributed by atoms with Gasteiger partial charge in [0, 0.05) is 24.2 Å². The maximum Gasteiger partial charge on any atom is 0.230 e. The molecule has 0 saturated heterocycles. The van der Waals surface area contributed by atoms with Crippen LogP contribution in [0.2, 0.25) is 0 Å². The number of hydrogen-bond donors (Lipinski definition) is 3. The van der Waals surface area contributed by atoms with Gasteiger partial charge in [-0.15, -0.1) is 0 Å². The molecule has 2 saturated carbocycles. The number of carbonyl (C=O) groups is 1. The molecule has 2 fully saturated rings. The predicted molar refractivity (Wildman–Crippen MR) is 138 cm³/mol. The van der Waals surface area contributed by atoms with Gasteiger partial charge in [0.05, 0.1) is 36.1 Å². The number of nitrogens with zero attached hydrogens (tertiary/aromatic N) is 6. The van der Waals surface area contributed by atoms with Gasteiger partial charge in [-0.1, -0.05) is 6.58 Å². The van der Waals surface area contributed by atoms with E-state index in [4.69, 9.17) is 9.97 Å². The molecule has 0 spiro atoms. The normalized spacial score (nSPS) is 24.0. The number of aromatic nitrogens is 6. The van der Waals surface area contributed by atoms with Gasteiger partial charge < -0.3 is 20.3 Å². The van der Waals surface area contributed by atoms with E-state index in [2.05, 4.69) is 32.2 Å². The first-order valence-electron chi connectivity index (χ1n) is 12.3. The Morgan fingerprint density at radius 2 is 2.08 bits per heavy atom. The van der Waals surface area contributed by atoms with Crippen LogP contribution in [0.1, 0.15) is 35.7 Å². The second kappa shape index (κ2) is 8.74. The smallest absolute Gasteiger partial charge is 0.230 e. The summed E-state index contributed by atoms with van der Waals surface area (Å²) in [5, 5.41) is 17.1. The molecule has 4 aromatic heterocycles. The highest BCUT2D eigenvalue weighted by molar-refractivity contribution is 5.88. The Balaban J connectivity index is 1.42. The number of aliphatic hydroxyl groups is 1. The van der Waals surface area contributed by atoms with Gasteiger partial charge in [0.25, 0.3) is 0 Å². The Bertz CT molecular complexity index is 1530. The van der Waals surface area contributed by atoms with Gasteiger partial charge in [-0.2, -0.15) is 0 Å². The van der Waals surface area contributed by atoms with Crippen molar-refractivity contribution in [1.29, 1.82) is 0 Å². The van der Waals surface area contributed by atoms with E-state index < -0.39 is 11.5 Å². The third kappa shape index (κ3) is 3.93. The van der Waals surface area contributed by atoms with Crippen molar-refractivity contribution in [3.05, 3.63) is 72.7 Å². The van der Waals surface area contributed by atoms with Crippen molar-refractivity contribution in [2.75, 3.05) is 5.32 Å². The van der Waals surface area contributed by atoms with Crippen LogP contribution in [0.4, 0.5) is 5.82 Å². The van der Waals surface area contributed by atoms with Crippen molar-refractivity contribution in [2.45, 2.75) is 45.4 Å². The third-order valence-corrected chi connectivity index (χ3v) is 7.48. The largest absolute Gasteiger partial charge is 0.391 e. The molecular formula is C27H28N8O2. The minimum absolute atomic E-state index is 0.00759. The number of carbonyl (C=O) groups excluding carboxylic acids is 1. The van der Waals surface area contributed by atoms with E-state index in [1.165, 1.54) is 6.20 Å². The van der Waals surface area contributed by atoms with E-state index in [0.29, 0.717) is 42.2 Å². The number of hydrogen-bond acceptors (Lipinski definition) is 8. The molecule has 37 heavy (non-hydrogen) atoms. The fourth-order valence-electron chi connectivity index (χ4n) is 5.68. The van der Waals surface area contributed by atoms with Crippen LogP contribution in [-0.4, -0.2) is 46.6 Å². The average Bonchev–Trinajstić information content (AvgIpc) is 3.29. The maximum absolute atomic E-state index is 12.7. The summed E-state index contributed by atoms with van der Waals surface area (Å²) in [6.07, 6.45) is 8.80. The Morgan fingerprint density at radius 3 is 2.86 bits per heavy atom. The number of imidazole rings is 1. The summed E-state index contributed by atoms with van der Waals surface area (Å²) in [7, 11) is 0. The van der Waals surface area contributed by atoms with Crippen LogP contribution in [0, 0.1) is 25.2 Å². The summed E-state index contributed by atoms with van der Waals surface area (Å²) in [4.78, 5) is 35.8. The van der Waals surface area contributed by atoms with E-state index in [0.717, 1.165) is 22.4 Å². The summed E-state index contributed by atoms with van der Waals surface area (Å²) < 4.78 is 1.91. The molecule has 3 N–H and O–H groups in total. The number of aryl methyl sites for hydroxylation is 2. The van der Waals surface area contributed by atoms with E-state index in [-0.39, 0.29) is 17.9 Å². The minimum atomic E-state index is -0.696. The standard InChI is InChI=1S/C27H28N8O2/c1-4-29-26(37)27-9-19(27)22(20(36)10-27)35-14-32-21-24(31-13-18-8-15(2)5-6-30-18)33-23(34-25(21)35)17-7-16(3)11-28-12-17/h4-8,11-12,14,19-20,22,36H,1,9-10,13H2,2-3H3,(H,29,37)(H,31,33,34)/t19-,20-,22?,27+/m1/s1. The number of aliphatic hydroxyl groups excluding tert-OH is 1. The molecule has 0 radical (unpaired) electrons. The monoisotopic (exact) mass is 496 g/mol. The molecule has 4 atom stereocenters. The molecule has 188 valence electrons. The third-order valence-electron chi connectivity index (χ3n) is 7.48. The van der Waals surface area contributed by atoms with Crippen LogP contribution in [0.5, 0.6) is 0 Å². The van der Waals surface area contributed by atoms with Crippen LogP contribution in [0.15, 0.2) is 55.9 Å². The molecule has 1 unspecified atom stereocenters. The number of anilines is 1. The molecule has 2 aliphatic rings. The number of pyridine rings is 2. The van der Waals surface area contributed by atoms with Crippen LogP contribution in [0.3, 0.4) is 0 Å². The second-order valence-corrected chi connectivity index (χ2v) is 10.1. The highest BCUT2D eigenvalue weighted by Crippen LogP contribution is 2.68. The average molecular weight is 497 g/mol. The number of rotatable bonds is 7. The Morgan fingerprint density at radius 1 is 1.22 bits per heavy atom. The first kappa shape index (κ1) is 23.2. The van der Waals surface area contributed by atoms with Gasteiger partial charge in [0.2, 0.25) is 5.91 Å². The zero-order chi connectivity index (χ0) is 25.7. The van der Waals surface area contributed by atoms with Crippen molar-refractivity contribution >= 4 is 22.9 Å². The lowest BCUT2D eigenvalue weighted by Crippen LogP contribution is -2.28. The van der Waals surface area contributed by atoms with E-state index >= 15 is 0 Å². The Labute approximate surface area is 213 Å². The van der Waals surface area contributed by atoms with Crippen LogP contribution >= 0.6 is 0 Å². The molecular weight excluding hydrogens is 468 g/mol. The lowest BCUT2D eigenvalue weighted by atomic mass is 10.0. The maximum atomic E-state index is 12.7. The molecule has 0 bridgehead atoms. The summed E-state index contributed by atoms with van der Waals surface area (Å²) in [6.45, 7) is 8.07. The Hall–Kier alpha value is -4.18. The van der Waals surface area contributed by atoms with Gasteiger partial charge in [-0.25, -0.2) is 15.0 Å². The summed E-state index contributed by atoms with van der Waals surface area (Å²) in [5.41, 5.74) is 4.40. The molecule has 10 heteroatoms. The van der Waals surface area contributed by atoms with E-state index in [1.54, 1.807) is 24.9 Å². The van der Waals surface area contributed by atoms with Crippen LogP contribution in [0.25, 0.3) is 22.6 Å². The van der Waals surface area contributed by atoms with Crippen molar-refractivity contribution in [3.8, 4) is 11.4 Å². The van der Waals surface area contributed by atoms with Crippen LogP contribution < -0.4 is 10.6 Å². The van der Waals surface area contributed by atoms with Crippen molar-refractivity contribution in [2.24, 2.45) is 11.3 Å². The van der Waals surface area contributed by atoms with Gasteiger partial charge in [-0.3, -0.25) is 14.8 Å². The predicted octanol–water partition coefficient (Wildman–Crippen LogP) is 3.08. The molecule has 4 aromatic rings. The lowest BCUT2D eigenvalue weighted by Gasteiger charge is -2.20. The quantitative estimate of drug-likeness (QED) is 0.356. The molecule has 2 aliphatic carbocycles. The highest BCUT2D eigenvalue weighted by Gasteiger charge is 2.70. The fourth-order valence-corrected chi connectivity index (χ4v) is 5.68. The van der Waals surface area contributed by atoms with E-state index in [1.807, 2.05) is 36.6 Å². The zero-order valence-electron chi connectivity index (χ0n) is 20.7. The summed E-state index contributed by atoms with van der Waals surface area (Å²) >= 11 is 0. The molecule has 0 aliphatic heterocycles. The van der Waals surface area contributed by atoms with E-state index in [9.17, 15) is 9.90 Å². The fraction of sp³-hybridized carbons (Fsp3) is 0.333. The van der Waals surface area contributed by atoms with Crippen molar-refractivity contribution in [3.63, 3.8) is 0 Å². The first-order valence-corrected chi connectivity index (χ1v) is 12.3. The van der Waals surface area contributed by atoms with Gasteiger partial charge in [0.1, 0.15) is 5.52 Å². The molecule has 4 heterocycles. The van der Waals surface area contributed by atoms with Crippen LogP contribution in [-0.2, 0) is 11.3 Å². The van der Waals surface area contributed by atoms with Crippen molar-refractivity contribution in [1.82, 2.24) is 34.8 Å². The lowest BCUT2D eigenvalue weighted by molar-refractivity contribution is -0.126. The molecule has 6 rings (SSSR count). The SMILES string of the molecule is C=CNC(=O)[C@@]12C[C@@H](O)C(n3cnc4c(NCc5cc(C)ccn5)nc(-c5cncc(C)c5)nc43)[C@H]1C2. The summed E-state index contributed by atoms with van der Waals surface area (Å²) in [6, 6.07) is 5.64. The minimum Gasteiger partial charge on any atom is -0.391 e. The van der Waals surface area contributed by atoms with Crippen molar-refractivity contribution < 1.29 is 9.90 Å².